The Kier molecular flexibility index (Phi) is 4.31. The Balaban J connectivity index is 1.84. The number of benzene rings is 2. The van der Waals surface area contributed by atoms with E-state index in [1.807, 2.05) is 24.3 Å². The summed E-state index contributed by atoms with van der Waals surface area (Å²) in [6, 6.07) is 14.4. The lowest BCUT2D eigenvalue weighted by Gasteiger charge is -1.98. The summed E-state index contributed by atoms with van der Waals surface area (Å²) in [5.41, 5.74) is 1.36. The average Bonchev–Trinajstić information content (AvgIpc) is 2.84. The smallest absolute Gasteiger partial charge is 0.264 e. The summed E-state index contributed by atoms with van der Waals surface area (Å²) in [4.78, 5) is 16.8. The molecule has 1 fully saturated rings. The molecule has 22 heavy (non-hydrogen) atoms. The van der Waals surface area contributed by atoms with Crippen LogP contribution in [0.4, 0.5) is 5.69 Å². The van der Waals surface area contributed by atoms with Crippen molar-refractivity contribution in [1.29, 1.82) is 0 Å². The molecule has 3 rings (SSSR count). The molecule has 1 heterocycles. The molecule has 1 aliphatic heterocycles. The Bertz CT molecular complexity index is 785. The maximum Gasteiger partial charge on any atom is 0.264 e. The third-order valence-corrected chi connectivity index (χ3v) is 4.36. The SMILES string of the molecule is O=C1NC(=Nc2ccccc2O)SC1=Cc1ccc(Br)cc1. The molecule has 0 radical (unpaired) electrons. The monoisotopic (exact) mass is 374 g/mol. The number of aromatic hydroxyl groups is 1. The van der Waals surface area contributed by atoms with Gasteiger partial charge in [-0.1, -0.05) is 40.2 Å². The van der Waals surface area contributed by atoms with Crippen LogP contribution >= 0.6 is 27.7 Å². The van der Waals surface area contributed by atoms with Crippen LogP contribution in [0.25, 0.3) is 6.08 Å². The fourth-order valence-corrected chi connectivity index (χ4v) is 2.96. The lowest BCUT2D eigenvalue weighted by molar-refractivity contribution is -0.115. The molecule has 110 valence electrons. The zero-order valence-corrected chi connectivity index (χ0v) is 13.7. The van der Waals surface area contributed by atoms with E-state index in [1.54, 1.807) is 30.3 Å². The molecule has 4 nitrogen and oxygen atoms in total. The number of carbonyl (C=O) groups excluding carboxylic acids is 1. The van der Waals surface area contributed by atoms with Crippen molar-refractivity contribution in [3.63, 3.8) is 0 Å². The number of phenols is 1. The zero-order valence-electron chi connectivity index (χ0n) is 11.3. The number of hydrogen-bond donors (Lipinski definition) is 2. The van der Waals surface area contributed by atoms with E-state index in [9.17, 15) is 9.90 Å². The predicted molar refractivity (Wildman–Crippen MR) is 93.1 cm³/mol. The number of amidine groups is 1. The molecular formula is C16H11BrN2O2S. The number of para-hydroxylation sites is 2. The van der Waals surface area contributed by atoms with Gasteiger partial charge in [0.05, 0.1) is 4.91 Å². The second-order valence-corrected chi connectivity index (χ2v) is 6.47. The molecule has 2 N–H and O–H groups in total. The lowest BCUT2D eigenvalue weighted by Crippen LogP contribution is -2.19. The molecule has 0 aliphatic carbocycles. The lowest BCUT2D eigenvalue weighted by atomic mass is 10.2. The van der Waals surface area contributed by atoms with E-state index in [-0.39, 0.29) is 11.7 Å². The van der Waals surface area contributed by atoms with Crippen molar-refractivity contribution in [2.24, 2.45) is 4.99 Å². The number of carbonyl (C=O) groups is 1. The molecule has 1 saturated heterocycles. The van der Waals surface area contributed by atoms with Gasteiger partial charge in [-0.25, -0.2) is 4.99 Å². The number of rotatable bonds is 2. The first-order chi connectivity index (χ1) is 10.6. The van der Waals surface area contributed by atoms with Crippen LogP contribution in [0.2, 0.25) is 0 Å². The fourth-order valence-electron chi connectivity index (χ4n) is 1.86. The van der Waals surface area contributed by atoms with E-state index in [0.717, 1.165) is 10.0 Å². The summed E-state index contributed by atoms with van der Waals surface area (Å²) >= 11 is 4.62. The summed E-state index contributed by atoms with van der Waals surface area (Å²) in [7, 11) is 0. The van der Waals surface area contributed by atoms with Gasteiger partial charge in [0.15, 0.2) is 5.17 Å². The molecule has 0 spiro atoms. The molecule has 0 unspecified atom stereocenters. The summed E-state index contributed by atoms with van der Waals surface area (Å²) in [5.74, 6) is -0.114. The van der Waals surface area contributed by atoms with Gasteiger partial charge in [-0.3, -0.25) is 4.79 Å². The second kappa shape index (κ2) is 6.37. The highest BCUT2D eigenvalue weighted by Gasteiger charge is 2.24. The molecule has 6 heteroatoms. The van der Waals surface area contributed by atoms with E-state index >= 15 is 0 Å². The third kappa shape index (κ3) is 3.40. The number of nitrogens with one attached hydrogen (secondary N) is 1. The quantitative estimate of drug-likeness (QED) is 0.779. The highest BCUT2D eigenvalue weighted by Crippen LogP contribution is 2.31. The molecule has 0 saturated carbocycles. The predicted octanol–water partition coefficient (Wildman–Crippen LogP) is 4.05. The van der Waals surface area contributed by atoms with Gasteiger partial charge in [0.25, 0.3) is 5.91 Å². The summed E-state index contributed by atoms with van der Waals surface area (Å²) < 4.78 is 0.986. The Labute approximate surface area is 140 Å². The fraction of sp³-hybridized carbons (Fsp3) is 0. The maximum absolute atomic E-state index is 12.0. The van der Waals surface area contributed by atoms with Gasteiger partial charge in [-0.15, -0.1) is 0 Å². The zero-order chi connectivity index (χ0) is 15.5. The van der Waals surface area contributed by atoms with E-state index in [2.05, 4.69) is 26.2 Å². The molecule has 1 aliphatic rings. The number of aliphatic imine (C=N–C) groups is 1. The van der Waals surface area contributed by atoms with Crippen molar-refractivity contribution in [3.05, 3.63) is 63.5 Å². The van der Waals surface area contributed by atoms with E-state index in [1.165, 1.54) is 11.8 Å². The minimum atomic E-state index is -0.193. The van der Waals surface area contributed by atoms with Gasteiger partial charge >= 0.3 is 0 Å². The topological polar surface area (TPSA) is 61.7 Å². The van der Waals surface area contributed by atoms with Crippen LogP contribution in [-0.4, -0.2) is 16.2 Å². The van der Waals surface area contributed by atoms with Crippen LogP contribution in [0, 0.1) is 0 Å². The van der Waals surface area contributed by atoms with E-state index in [4.69, 9.17) is 0 Å². The summed E-state index contributed by atoms with van der Waals surface area (Å²) in [6.45, 7) is 0. The van der Waals surface area contributed by atoms with Gasteiger partial charge < -0.3 is 10.4 Å². The first-order valence-corrected chi connectivity index (χ1v) is 8.06. The Morgan fingerprint density at radius 2 is 1.86 bits per heavy atom. The largest absolute Gasteiger partial charge is 0.506 e. The summed E-state index contributed by atoms with van der Waals surface area (Å²) in [6.07, 6.45) is 1.81. The van der Waals surface area contributed by atoms with Crippen molar-refractivity contribution in [1.82, 2.24) is 5.32 Å². The number of amides is 1. The highest BCUT2D eigenvalue weighted by molar-refractivity contribution is 9.10. The van der Waals surface area contributed by atoms with Crippen molar-refractivity contribution in [2.75, 3.05) is 0 Å². The van der Waals surface area contributed by atoms with Gasteiger partial charge in [-0.2, -0.15) is 0 Å². The molecule has 2 aromatic carbocycles. The molecular weight excluding hydrogens is 364 g/mol. The number of halogens is 1. The van der Waals surface area contributed by atoms with Crippen molar-refractivity contribution >= 4 is 50.5 Å². The van der Waals surface area contributed by atoms with Gasteiger partial charge in [-0.05, 0) is 47.7 Å². The van der Waals surface area contributed by atoms with E-state index in [0.29, 0.717) is 15.8 Å². The molecule has 0 bridgehead atoms. The average molecular weight is 375 g/mol. The van der Waals surface area contributed by atoms with Crippen molar-refractivity contribution < 1.29 is 9.90 Å². The maximum atomic E-state index is 12.0. The number of hydrogen-bond acceptors (Lipinski definition) is 4. The third-order valence-electron chi connectivity index (χ3n) is 2.92. The van der Waals surface area contributed by atoms with Gasteiger partial charge in [0.1, 0.15) is 11.4 Å². The van der Waals surface area contributed by atoms with Crippen molar-refractivity contribution in [3.8, 4) is 5.75 Å². The number of thioether (sulfide) groups is 1. The summed E-state index contributed by atoms with van der Waals surface area (Å²) in [5, 5.41) is 12.9. The highest BCUT2D eigenvalue weighted by atomic mass is 79.9. The minimum absolute atomic E-state index is 0.0789. The first-order valence-electron chi connectivity index (χ1n) is 6.45. The molecule has 1 amide bonds. The van der Waals surface area contributed by atoms with Crippen LogP contribution < -0.4 is 5.32 Å². The van der Waals surface area contributed by atoms with Crippen LogP contribution in [0.1, 0.15) is 5.56 Å². The van der Waals surface area contributed by atoms with Crippen LogP contribution in [0.3, 0.4) is 0 Å². The van der Waals surface area contributed by atoms with Crippen molar-refractivity contribution in [2.45, 2.75) is 0 Å². The first kappa shape index (κ1) is 14.9. The Hall–Kier alpha value is -2.05. The van der Waals surface area contributed by atoms with Gasteiger partial charge in [0.2, 0.25) is 0 Å². The van der Waals surface area contributed by atoms with E-state index < -0.39 is 0 Å². The second-order valence-electron chi connectivity index (χ2n) is 4.52. The minimum Gasteiger partial charge on any atom is -0.506 e. The molecule has 0 aromatic heterocycles. The Morgan fingerprint density at radius 3 is 2.59 bits per heavy atom. The molecule has 2 aromatic rings. The van der Waals surface area contributed by atoms with Crippen LogP contribution in [0.15, 0.2) is 62.9 Å². The molecule has 0 atom stereocenters. The van der Waals surface area contributed by atoms with Crippen LogP contribution in [0.5, 0.6) is 5.75 Å². The standard InChI is InChI=1S/C16H11BrN2O2S/c17-11-7-5-10(6-8-11)9-14-15(21)19-16(22-14)18-12-3-1-2-4-13(12)20/h1-9,20H,(H,18,19,21). The van der Waals surface area contributed by atoms with Crippen LogP contribution in [-0.2, 0) is 4.79 Å². The van der Waals surface area contributed by atoms with Gasteiger partial charge in [0, 0.05) is 4.47 Å². The normalized spacial score (nSPS) is 18.0. The number of phenolic OH excluding ortho intramolecular Hbond substituents is 1. The Morgan fingerprint density at radius 1 is 1.14 bits per heavy atom. The number of nitrogens with zero attached hydrogens (tertiary/aromatic N) is 1.